The molecule has 0 amide bonds. The van der Waals surface area contributed by atoms with E-state index < -0.39 is 0 Å². The summed E-state index contributed by atoms with van der Waals surface area (Å²) in [6.07, 6.45) is 1.36. The smallest absolute Gasteiger partial charge is 0.0107 e. The van der Waals surface area contributed by atoms with Crippen LogP contribution in [0, 0.1) is 0 Å². The zero-order chi connectivity index (χ0) is 8.65. The minimum Gasteiger partial charge on any atom is -0.314 e. The van der Waals surface area contributed by atoms with Crippen LogP contribution in [0.25, 0.3) is 0 Å². The normalized spacial score (nSPS) is 19.8. The Hall–Kier alpha value is 0.270. The first-order chi connectivity index (χ1) is 5.93. The van der Waals surface area contributed by atoms with Gasteiger partial charge in [-0.05, 0) is 24.5 Å². The lowest BCUT2D eigenvalue weighted by Gasteiger charge is -2.26. The average Bonchev–Trinajstić information content (AvgIpc) is 2.14. The Morgan fingerprint density at radius 1 is 1.33 bits per heavy atom. The van der Waals surface area contributed by atoms with Gasteiger partial charge < -0.3 is 10.2 Å². The van der Waals surface area contributed by atoms with Crippen LogP contribution in [0.4, 0.5) is 0 Å². The van der Waals surface area contributed by atoms with Gasteiger partial charge in [-0.1, -0.05) is 6.92 Å². The fourth-order valence-corrected chi connectivity index (χ4v) is 2.09. The predicted molar refractivity (Wildman–Crippen MR) is 56.9 cm³/mol. The molecule has 1 N–H and O–H groups in total. The third kappa shape index (κ3) is 4.33. The maximum atomic E-state index is 3.37. The molecule has 0 aromatic carbocycles. The molecule has 0 aliphatic carbocycles. The van der Waals surface area contributed by atoms with Gasteiger partial charge in [0, 0.05) is 26.2 Å². The van der Waals surface area contributed by atoms with Gasteiger partial charge in [0.05, 0.1) is 0 Å². The minimum atomic E-state index is 1.18. The molecular weight excluding hydrogens is 168 g/mol. The molecule has 1 rings (SSSR count). The van der Waals surface area contributed by atoms with Gasteiger partial charge in [0.2, 0.25) is 0 Å². The molecule has 0 aromatic heterocycles. The quantitative estimate of drug-likeness (QED) is 0.649. The Balaban J connectivity index is 1.91. The maximum absolute atomic E-state index is 3.37. The lowest BCUT2D eigenvalue weighted by molar-refractivity contribution is 0.242. The van der Waals surface area contributed by atoms with E-state index in [4.69, 9.17) is 0 Å². The van der Waals surface area contributed by atoms with Crippen molar-refractivity contribution in [2.75, 3.05) is 44.2 Å². The van der Waals surface area contributed by atoms with Crippen molar-refractivity contribution in [3.63, 3.8) is 0 Å². The Morgan fingerprint density at radius 2 is 2.08 bits per heavy atom. The Bertz CT molecular complexity index is 103. The molecular formula is C9H20N2S. The summed E-state index contributed by atoms with van der Waals surface area (Å²) in [4.78, 5) is 2.56. The molecule has 0 bridgehead atoms. The van der Waals surface area contributed by atoms with Crippen LogP contribution in [0.5, 0.6) is 0 Å². The first kappa shape index (κ1) is 10.4. The van der Waals surface area contributed by atoms with Crippen LogP contribution >= 0.6 is 11.8 Å². The van der Waals surface area contributed by atoms with Crippen molar-refractivity contribution >= 4 is 11.8 Å². The summed E-state index contributed by atoms with van der Waals surface area (Å²) in [5.74, 6) is 2.60. The third-order valence-corrected chi connectivity index (χ3v) is 3.16. The first-order valence-corrected chi connectivity index (χ1v) is 6.09. The molecule has 3 heteroatoms. The van der Waals surface area contributed by atoms with Gasteiger partial charge in [0.15, 0.2) is 0 Å². The highest BCUT2D eigenvalue weighted by Crippen LogP contribution is 2.02. The summed E-state index contributed by atoms with van der Waals surface area (Å²) in [6, 6.07) is 0. The predicted octanol–water partition coefficient (Wildman–Crippen LogP) is 1.03. The van der Waals surface area contributed by atoms with Gasteiger partial charge in [0.25, 0.3) is 0 Å². The molecule has 2 nitrogen and oxygen atoms in total. The summed E-state index contributed by atoms with van der Waals surface area (Å²) in [7, 11) is 0. The number of rotatable bonds is 5. The molecule has 0 aromatic rings. The topological polar surface area (TPSA) is 15.3 Å². The zero-order valence-electron chi connectivity index (χ0n) is 8.01. The van der Waals surface area contributed by atoms with Gasteiger partial charge in [-0.15, -0.1) is 0 Å². The number of hydrogen-bond acceptors (Lipinski definition) is 3. The zero-order valence-corrected chi connectivity index (χ0v) is 8.83. The molecule has 1 heterocycles. The first-order valence-electron chi connectivity index (χ1n) is 4.94. The van der Waals surface area contributed by atoms with Crippen LogP contribution in [0.1, 0.15) is 13.3 Å². The molecule has 12 heavy (non-hydrogen) atoms. The number of nitrogens with zero attached hydrogens (tertiary/aromatic N) is 1. The number of hydrogen-bond donors (Lipinski definition) is 1. The lowest BCUT2D eigenvalue weighted by Crippen LogP contribution is -2.43. The van der Waals surface area contributed by atoms with Crippen molar-refractivity contribution in [2.24, 2.45) is 0 Å². The Kier molecular flexibility index (Phi) is 5.82. The molecule has 1 fully saturated rings. The van der Waals surface area contributed by atoms with E-state index in [-0.39, 0.29) is 0 Å². The van der Waals surface area contributed by atoms with E-state index in [1.54, 1.807) is 0 Å². The lowest BCUT2D eigenvalue weighted by atomic mass is 10.3. The van der Waals surface area contributed by atoms with E-state index in [2.05, 4.69) is 28.9 Å². The van der Waals surface area contributed by atoms with Gasteiger partial charge in [-0.2, -0.15) is 11.8 Å². The van der Waals surface area contributed by atoms with Gasteiger partial charge in [-0.25, -0.2) is 0 Å². The second kappa shape index (κ2) is 6.75. The van der Waals surface area contributed by atoms with Crippen LogP contribution in [0.2, 0.25) is 0 Å². The highest BCUT2D eigenvalue weighted by atomic mass is 32.2. The fraction of sp³-hybridized carbons (Fsp3) is 1.00. The summed E-state index contributed by atoms with van der Waals surface area (Å²) in [6.45, 7) is 8.39. The number of nitrogens with one attached hydrogen (secondary N) is 1. The summed E-state index contributed by atoms with van der Waals surface area (Å²) >= 11 is 2.05. The summed E-state index contributed by atoms with van der Waals surface area (Å²) in [5, 5.41) is 3.37. The summed E-state index contributed by atoms with van der Waals surface area (Å²) in [5.41, 5.74) is 0. The fourth-order valence-electron chi connectivity index (χ4n) is 1.47. The van der Waals surface area contributed by atoms with Crippen molar-refractivity contribution in [2.45, 2.75) is 13.3 Å². The molecule has 0 atom stereocenters. The molecule has 0 saturated carbocycles. The van der Waals surface area contributed by atoms with Crippen molar-refractivity contribution < 1.29 is 0 Å². The Morgan fingerprint density at radius 3 is 2.75 bits per heavy atom. The molecule has 0 unspecified atom stereocenters. The van der Waals surface area contributed by atoms with E-state index in [0.717, 1.165) is 0 Å². The third-order valence-electron chi connectivity index (χ3n) is 2.18. The second-order valence-electron chi connectivity index (χ2n) is 3.14. The SMILES string of the molecule is CCSCCCN1CCNCC1. The molecule has 0 spiro atoms. The van der Waals surface area contributed by atoms with Crippen molar-refractivity contribution in [1.29, 1.82) is 0 Å². The van der Waals surface area contributed by atoms with Crippen LogP contribution < -0.4 is 5.32 Å². The number of piperazine rings is 1. The number of thioether (sulfide) groups is 1. The molecule has 1 saturated heterocycles. The molecule has 1 aliphatic rings. The highest BCUT2D eigenvalue weighted by Gasteiger charge is 2.07. The van der Waals surface area contributed by atoms with Crippen LogP contribution in [0.3, 0.4) is 0 Å². The van der Waals surface area contributed by atoms with E-state index in [9.17, 15) is 0 Å². The standard InChI is InChI=1S/C9H20N2S/c1-2-12-9-3-6-11-7-4-10-5-8-11/h10H,2-9H2,1H3. The summed E-state index contributed by atoms with van der Waals surface area (Å²) < 4.78 is 0. The van der Waals surface area contributed by atoms with E-state index in [1.807, 2.05) is 0 Å². The molecule has 72 valence electrons. The van der Waals surface area contributed by atoms with Gasteiger partial charge >= 0.3 is 0 Å². The van der Waals surface area contributed by atoms with Crippen molar-refractivity contribution in [3.8, 4) is 0 Å². The highest BCUT2D eigenvalue weighted by molar-refractivity contribution is 7.99. The van der Waals surface area contributed by atoms with Crippen LogP contribution in [-0.2, 0) is 0 Å². The monoisotopic (exact) mass is 188 g/mol. The molecule has 0 radical (unpaired) electrons. The largest absolute Gasteiger partial charge is 0.314 e. The van der Waals surface area contributed by atoms with E-state index in [0.29, 0.717) is 0 Å². The second-order valence-corrected chi connectivity index (χ2v) is 4.54. The molecule has 1 aliphatic heterocycles. The average molecular weight is 188 g/mol. The minimum absolute atomic E-state index is 1.18. The van der Waals surface area contributed by atoms with Crippen LogP contribution in [0.15, 0.2) is 0 Å². The van der Waals surface area contributed by atoms with Crippen molar-refractivity contribution in [3.05, 3.63) is 0 Å². The maximum Gasteiger partial charge on any atom is 0.0107 e. The Labute approximate surface area is 80.1 Å². The van der Waals surface area contributed by atoms with Gasteiger partial charge in [-0.3, -0.25) is 0 Å². The van der Waals surface area contributed by atoms with Crippen molar-refractivity contribution in [1.82, 2.24) is 10.2 Å². The van der Waals surface area contributed by atoms with E-state index in [1.165, 1.54) is 50.7 Å². The van der Waals surface area contributed by atoms with Gasteiger partial charge in [0.1, 0.15) is 0 Å². The van der Waals surface area contributed by atoms with Crippen LogP contribution in [-0.4, -0.2) is 49.1 Å². The van der Waals surface area contributed by atoms with E-state index >= 15 is 0 Å².